The number of nitrogens with one attached hydrogen (secondary N) is 1. The molecule has 3 rings (SSSR count). The minimum atomic E-state index is -0.250. The van der Waals surface area contributed by atoms with Crippen molar-refractivity contribution in [1.82, 2.24) is 0 Å². The van der Waals surface area contributed by atoms with Gasteiger partial charge >= 0.3 is 30.2 Å². The summed E-state index contributed by atoms with van der Waals surface area (Å²) in [5.41, 5.74) is 10.6. The van der Waals surface area contributed by atoms with Gasteiger partial charge in [-0.3, -0.25) is 0 Å². The average molecular weight is 545 g/mol. The molecule has 0 unspecified atom stereocenters. The monoisotopic (exact) mass is 541 g/mol. The molecule has 0 fully saturated rings. The number of allylic oxidation sites excluding steroid dienone is 1. The molecule has 1 aliphatic heterocycles. The zero-order valence-electron chi connectivity index (χ0n) is 14.6. The fourth-order valence-corrected chi connectivity index (χ4v) is 3.00. The molecule has 0 atom stereocenters. The van der Waals surface area contributed by atoms with Crippen LogP contribution in [-0.2, 0) is 23.3 Å². The van der Waals surface area contributed by atoms with Crippen molar-refractivity contribution < 1.29 is 23.3 Å². The van der Waals surface area contributed by atoms with Gasteiger partial charge in [0.1, 0.15) is 0 Å². The van der Waals surface area contributed by atoms with Gasteiger partial charge in [0.2, 0.25) is 0 Å². The van der Waals surface area contributed by atoms with Gasteiger partial charge in [0.25, 0.3) is 0 Å². The summed E-state index contributed by atoms with van der Waals surface area (Å²) < 4.78 is 1.13. The Labute approximate surface area is 190 Å². The van der Waals surface area contributed by atoms with E-state index >= 15 is 0 Å². The zero-order chi connectivity index (χ0) is 15.3. The third-order valence-corrected chi connectivity index (χ3v) is 3.72. The van der Waals surface area contributed by atoms with E-state index < -0.39 is 0 Å². The average Bonchev–Trinajstić information content (AvgIpc) is 2.88. The van der Waals surface area contributed by atoms with Crippen LogP contribution in [0, 0.1) is 20.9 Å². The predicted octanol–water partition coefficient (Wildman–Crippen LogP) is 6.83. The van der Waals surface area contributed by atoms with Crippen LogP contribution in [-0.4, -0.2) is 18.2 Å². The second kappa shape index (κ2) is 15.2. The molecule has 1 aromatic rings. The van der Waals surface area contributed by atoms with Gasteiger partial charge in [-0.1, -0.05) is 47.7 Å². The number of hydrogen-bond acceptors (Lipinski definition) is 1. The number of halogens is 3. The van der Waals surface area contributed by atoms with E-state index in [4.69, 9.17) is 5.73 Å². The fraction of sp³-hybridized carbons (Fsp3) is 0.294. The van der Waals surface area contributed by atoms with Gasteiger partial charge in [-0.05, 0) is 4.47 Å². The van der Waals surface area contributed by atoms with Gasteiger partial charge in [-0.2, -0.15) is 0 Å². The Bertz CT molecular complexity index is 554. The van der Waals surface area contributed by atoms with Crippen molar-refractivity contribution >= 4 is 65.0 Å². The summed E-state index contributed by atoms with van der Waals surface area (Å²) in [6.07, 6.45) is 5.70. The normalized spacial score (nSPS) is 12.3. The Balaban J connectivity index is -0.000000162. The first-order valence-electron chi connectivity index (χ1n) is 6.12. The molecule has 0 bridgehead atoms. The van der Waals surface area contributed by atoms with E-state index in [0.717, 1.165) is 10.2 Å². The summed E-state index contributed by atoms with van der Waals surface area (Å²) in [4.78, 5) is 1.31. The molecule has 0 saturated carbocycles. The standard InChI is InChI=1S/C11H6BrS.C4H10N.2CH3.2ClH.Si.Zr/c12-8-1-2-9-7(5-8)6-11-10(9)3-4-13-11;1-4(2,3)5;;;;;;/h1-3,5H,4H2;5H,1-3H3;2*1H3;2*1H;;/q4*-1;;;;. The van der Waals surface area contributed by atoms with Crippen LogP contribution in [0.2, 0.25) is 0 Å². The number of benzene rings is 1. The summed E-state index contributed by atoms with van der Waals surface area (Å²) >= 11 is 6.70. The number of rotatable bonds is 0. The Morgan fingerprint density at radius 3 is 2.21 bits per heavy atom. The Kier molecular flexibility index (Phi) is 20.8. The van der Waals surface area contributed by atoms with E-state index in [1.807, 2.05) is 32.5 Å². The number of hydrogen-bond donors (Lipinski definition) is 0. The number of thioether (sulfide) groups is 1. The van der Waals surface area contributed by atoms with Crippen molar-refractivity contribution in [2.45, 2.75) is 26.3 Å². The van der Waals surface area contributed by atoms with Gasteiger partial charge in [0.05, 0.1) is 0 Å². The Morgan fingerprint density at radius 1 is 1.21 bits per heavy atom. The van der Waals surface area contributed by atoms with Crippen molar-refractivity contribution in [3.8, 4) is 0 Å². The molecule has 2 radical (unpaired) electrons. The van der Waals surface area contributed by atoms with Gasteiger partial charge in [-0.15, -0.1) is 83.1 Å². The van der Waals surface area contributed by atoms with Crippen LogP contribution in [0.3, 0.4) is 0 Å². The second-order valence-electron chi connectivity index (χ2n) is 5.32. The quantitative estimate of drug-likeness (QED) is 0.260. The van der Waals surface area contributed by atoms with E-state index in [1.54, 1.807) is 0 Å². The summed E-state index contributed by atoms with van der Waals surface area (Å²) in [5, 5.41) is 0. The number of fused-ring (bicyclic) bond motifs is 3. The molecule has 0 aromatic heterocycles. The molecule has 0 saturated heterocycles. The SMILES string of the molecule is Brc1ccc2c(c1)[C-]=C1SCC=C12.CC(C)(C)[NH-].Cl.Cl.[CH3-].[CH3-].[Si]=[Zr]. The Hall–Kier alpha value is 1.17. The van der Waals surface area contributed by atoms with Gasteiger partial charge in [0.15, 0.2) is 0 Å². The van der Waals surface area contributed by atoms with Crippen LogP contribution >= 0.6 is 52.5 Å². The summed E-state index contributed by atoms with van der Waals surface area (Å²) in [7, 11) is 0. The third-order valence-electron chi connectivity index (χ3n) is 2.28. The molecule has 0 amide bonds. The fourth-order valence-electron chi connectivity index (χ4n) is 1.69. The van der Waals surface area contributed by atoms with E-state index in [-0.39, 0.29) is 45.2 Å². The third kappa shape index (κ3) is 11.0. The summed E-state index contributed by atoms with van der Waals surface area (Å²) in [6.45, 7) is 8.62. The van der Waals surface area contributed by atoms with Crippen molar-refractivity contribution in [2.24, 2.45) is 0 Å². The summed E-state index contributed by atoms with van der Waals surface area (Å²) in [6, 6.07) is 6.38. The molecular weight excluding hydrogens is 520 g/mol. The van der Waals surface area contributed by atoms with Crippen LogP contribution in [0.5, 0.6) is 0 Å². The van der Waals surface area contributed by atoms with Crippen molar-refractivity contribution in [3.63, 3.8) is 0 Å². The Morgan fingerprint density at radius 2 is 1.71 bits per heavy atom. The maximum atomic E-state index is 6.94. The van der Waals surface area contributed by atoms with Gasteiger partial charge < -0.3 is 20.6 Å². The molecule has 136 valence electrons. The molecule has 1 aliphatic carbocycles. The molecule has 1 aromatic carbocycles. The second-order valence-corrected chi connectivity index (χ2v) is 7.27. The van der Waals surface area contributed by atoms with Crippen LogP contribution in [0.1, 0.15) is 31.9 Å². The van der Waals surface area contributed by atoms with Gasteiger partial charge in [-0.25, -0.2) is 0 Å². The first kappa shape index (κ1) is 32.8. The molecule has 1 nitrogen and oxygen atoms in total. The van der Waals surface area contributed by atoms with E-state index in [1.165, 1.54) is 44.9 Å². The van der Waals surface area contributed by atoms with E-state index in [0.29, 0.717) is 0 Å². The minimum absolute atomic E-state index is 0. The zero-order valence-corrected chi connectivity index (χ0v) is 22.1. The maximum absolute atomic E-state index is 6.94. The van der Waals surface area contributed by atoms with Crippen molar-refractivity contribution in [2.75, 3.05) is 5.75 Å². The molecular formula is C17H24BrCl2NSSiZr-4. The topological polar surface area (TPSA) is 23.8 Å². The first-order valence-corrected chi connectivity index (χ1v) is 12.1. The van der Waals surface area contributed by atoms with Gasteiger partial charge in [0, 0.05) is 5.75 Å². The first-order chi connectivity index (χ1) is 9.34. The molecule has 1 N–H and O–H groups in total. The van der Waals surface area contributed by atoms with Crippen LogP contribution in [0.15, 0.2) is 33.7 Å². The molecule has 1 heterocycles. The van der Waals surface area contributed by atoms with E-state index in [2.05, 4.69) is 53.2 Å². The van der Waals surface area contributed by atoms with E-state index in [9.17, 15) is 0 Å². The summed E-state index contributed by atoms with van der Waals surface area (Å²) in [5.74, 6) is 1.10. The van der Waals surface area contributed by atoms with Crippen LogP contribution < -0.4 is 0 Å². The van der Waals surface area contributed by atoms with Crippen molar-refractivity contribution in [3.05, 3.63) is 71.4 Å². The molecule has 7 heteroatoms. The van der Waals surface area contributed by atoms with Crippen molar-refractivity contribution in [1.29, 1.82) is 0 Å². The van der Waals surface area contributed by atoms with Crippen LogP contribution in [0.25, 0.3) is 11.3 Å². The van der Waals surface area contributed by atoms with Crippen LogP contribution in [0.4, 0.5) is 0 Å². The molecule has 24 heavy (non-hydrogen) atoms. The predicted molar refractivity (Wildman–Crippen MR) is 118 cm³/mol. The molecule has 0 spiro atoms. The molecule has 2 aliphatic rings.